The Labute approximate surface area is 194 Å². The summed E-state index contributed by atoms with van der Waals surface area (Å²) in [6, 6.07) is 4.53. The van der Waals surface area contributed by atoms with E-state index in [9.17, 15) is 22.4 Å². The number of benzene rings is 1. The highest BCUT2D eigenvalue weighted by molar-refractivity contribution is 7.89. The van der Waals surface area contributed by atoms with Gasteiger partial charge in [-0.2, -0.15) is 5.10 Å². The van der Waals surface area contributed by atoms with Gasteiger partial charge in [-0.1, -0.05) is 20.8 Å². The van der Waals surface area contributed by atoms with E-state index < -0.39 is 34.3 Å². The molecule has 1 aromatic carbocycles. The number of halogens is 1. The number of hydrazone groups is 1. The predicted molar refractivity (Wildman–Crippen MR) is 121 cm³/mol. The highest BCUT2D eigenvalue weighted by Gasteiger charge is 2.60. The van der Waals surface area contributed by atoms with Crippen LogP contribution in [0.5, 0.6) is 0 Å². The first-order valence-corrected chi connectivity index (χ1v) is 12.6. The lowest BCUT2D eigenvalue weighted by molar-refractivity contribution is -0.148. The molecule has 33 heavy (non-hydrogen) atoms. The molecule has 10 heteroatoms. The average Bonchev–Trinajstić information content (AvgIpc) is 3.10. The largest absolute Gasteiger partial charge is 0.455 e. The molecule has 8 nitrogen and oxygen atoms in total. The molecule has 0 saturated heterocycles. The Morgan fingerprint density at radius 3 is 2.48 bits per heavy atom. The second kappa shape index (κ2) is 9.50. The van der Waals surface area contributed by atoms with Crippen molar-refractivity contribution in [1.82, 2.24) is 9.73 Å². The molecule has 182 valence electrons. The Kier molecular flexibility index (Phi) is 7.28. The molecule has 2 bridgehead atoms. The first-order valence-electron chi connectivity index (χ1n) is 11.1. The average molecular weight is 482 g/mol. The van der Waals surface area contributed by atoms with Gasteiger partial charge in [-0.05, 0) is 61.3 Å². The molecule has 0 radical (unpaired) electrons. The van der Waals surface area contributed by atoms with E-state index in [2.05, 4.69) is 31.3 Å². The van der Waals surface area contributed by atoms with Crippen LogP contribution in [-0.4, -0.2) is 50.5 Å². The molecule has 0 heterocycles. The van der Waals surface area contributed by atoms with Crippen LogP contribution in [-0.2, 0) is 24.3 Å². The minimum atomic E-state index is -3.78. The second-order valence-corrected chi connectivity index (χ2v) is 11.7. The van der Waals surface area contributed by atoms with E-state index in [4.69, 9.17) is 4.74 Å². The summed E-state index contributed by atoms with van der Waals surface area (Å²) in [6.45, 7) is 6.32. The number of hydrogen-bond donors (Lipinski definition) is 1. The summed E-state index contributed by atoms with van der Waals surface area (Å²) in [4.78, 5) is 24.0. The molecule has 2 aliphatic rings. The van der Waals surface area contributed by atoms with Gasteiger partial charge < -0.3 is 4.74 Å². The minimum absolute atomic E-state index is 0.0259. The summed E-state index contributed by atoms with van der Waals surface area (Å²) in [5.41, 5.74) is 3.62. The topological polar surface area (TPSA) is 105 Å². The van der Waals surface area contributed by atoms with Gasteiger partial charge in [0.2, 0.25) is 10.0 Å². The summed E-state index contributed by atoms with van der Waals surface area (Å²) >= 11 is 0. The number of ether oxygens (including phenoxy) is 1. The van der Waals surface area contributed by atoms with Gasteiger partial charge in [-0.25, -0.2) is 22.5 Å². The number of carbonyl (C=O) groups is 2. The number of sulfonamides is 1. The van der Waals surface area contributed by atoms with Gasteiger partial charge in [0.1, 0.15) is 5.82 Å². The van der Waals surface area contributed by atoms with E-state index in [-0.39, 0.29) is 35.1 Å². The minimum Gasteiger partial charge on any atom is -0.455 e. The van der Waals surface area contributed by atoms with Crippen LogP contribution in [0.3, 0.4) is 0 Å². The number of carbonyl (C=O) groups excluding carboxylic acids is 2. The predicted octanol–water partition coefficient (Wildman–Crippen LogP) is 3.09. The lowest BCUT2D eigenvalue weighted by atomic mass is 9.70. The molecule has 0 aliphatic heterocycles. The summed E-state index contributed by atoms with van der Waals surface area (Å²) in [5.74, 6) is -1.06. The molecule has 2 aliphatic carbocycles. The monoisotopic (exact) mass is 481 g/mol. The maximum absolute atomic E-state index is 13.0. The fraction of sp³-hybridized carbons (Fsp3) is 0.609. The molecule has 1 N–H and O–H groups in total. The van der Waals surface area contributed by atoms with E-state index in [1.54, 1.807) is 0 Å². The van der Waals surface area contributed by atoms with Crippen LogP contribution in [0.4, 0.5) is 4.39 Å². The molecule has 2 fully saturated rings. The van der Waals surface area contributed by atoms with Crippen LogP contribution in [0.2, 0.25) is 0 Å². The van der Waals surface area contributed by atoms with Gasteiger partial charge in [0.25, 0.3) is 5.91 Å². The number of nitrogens with zero attached hydrogens (tertiary/aromatic N) is 2. The Balaban J connectivity index is 1.39. The zero-order valence-corrected chi connectivity index (χ0v) is 20.4. The summed E-state index contributed by atoms with van der Waals surface area (Å²) < 4.78 is 44.0. The van der Waals surface area contributed by atoms with Crippen molar-refractivity contribution in [2.45, 2.75) is 57.8 Å². The Morgan fingerprint density at radius 1 is 1.24 bits per heavy atom. The molecular weight excluding hydrogens is 449 g/mol. The molecular formula is C23H32FN3O5S. The number of nitrogens with one attached hydrogen (secondary N) is 1. The van der Waals surface area contributed by atoms with E-state index in [1.807, 2.05) is 0 Å². The third kappa shape index (κ3) is 5.11. The lowest BCUT2D eigenvalue weighted by Gasteiger charge is -2.34. The van der Waals surface area contributed by atoms with Crippen molar-refractivity contribution in [2.75, 3.05) is 20.2 Å². The van der Waals surface area contributed by atoms with Gasteiger partial charge in [0, 0.05) is 31.1 Å². The van der Waals surface area contributed by atoms with E-state index in [0.29, 0.717) is 5.92 Å². The normalized spacial score (nSPS) is 24.9. The molecule has 2 atom stereocenters. The Hall–Kier alpha value is -2.33. The van der Waals surface area contributed by atoms with Crippen molar-refractivity contribution in [3.63, 3.8) is 0 Å². The summed E-state index contributed by atoms with van der Waals surface area (Å²) in [6.07, 6.45) is 3.28. The van der Waals surface area contributed by atoms with Crippen LogP contribution in [0.25, 0.3) is 0 Å². The van der Waals surface area contributed by atoms with Crippen LogP contribution < -0.4 is 5.43 Å². The standard InChI is InChI=1S/C23H32FN3O5S/c1-22(2)16-11-12-23(22,3)19(14-16)25-26-20(28)15-32-21(29)6-5-13-27(4)33(30,31)18-9-7-17(24)8-10-18/h7-10,16H,5-6,11-15H2,1-4H3,(H,26,28)/b25-19+. The quantitative estimate of drug-likeness (QED) is 0.431. The molecule has 0 spiro atoms. The second-order valence-electron chi connectivity index (χ2n) is 9.63. The third-order valence-electron chi connectivity index (χ3n) is 7.57. The van der Waals surface area contributed by atoms with Crippen LogP contribution >= 0.6 is 0 Å². The zero-order valence-electron chi connectivity index (χ0n) is 19.6. The number of rotatable bonds is 9. The molecule has 3 rings (SSSR count). The molecule has 1 aromatic rings. The first kappa shape index (κ1) is 25.3. The van der Waals surface area contributed by atoms with Gasteiger partial charge in [0.05, 0.1) is 4.90 Å². The SMILES string of the molecule is CN(CCCC(=O)OCC(=O)N/N=C1\CC2CCC1(C)C2(C)C)S(=O)(=O)c1ccc(F)cc1. The van der Waals surface area contributed by atoms with Crippen LogP contribution in [0.15, 0.2) is 34.3 Å². The summed E-state index contributed by atoms with van der Waals surface area (Å²) in [5, 5.41) is 4.33. The van der Waals surface area contributed by atoms with Crippen molar-refractivity contribution in [3.05, 3.63) is 30.1 Å². The van der Waals surface area contributed by atoms with E-state index >= 15 is 0 Å². The fourth-order valence-electron chi connectivity index (χ4n) is 4.83. The molecule has 1 amide bonds. The fourth-order valence-corrected chi connectivity index (χ4v) is 6.04. The lowest BCUT2D eigenvalue weighted by Crippen LogP contribution is -2.35. The Bertz CT molecular complexity index is 1040. The smallest absolute Gasteiger partial charge is 0.306 e. The van der Waals surface area contributed by atoms with Crippen molar-refractivity contribution < 1.29 is 27.1 Å². The highest BCUT2D eigenvalue weighted by atomic mass is 32.2. The van der Waals surface area contributed by atoms with Gasteiger partial charge in [-0.3, -0.25) is 9.59 Å². The van der Waals surface area contributed by atoms with E-state index in [0.717, 1.165) is 35.0 Å². The van der Waals surface area contributed by atoms with Crippen molar-refractivity contribution in [3.8, 4) is 0 Å². The van der Waals surface area contributed by atoms with Crippen molar-refractivity contribution >= 4 is 27.6 Å². The molecule has 2 unspecified atom stereocenters. The number of fused-ring (bicyclic) bond motifs is 2. The molecule has 0 aromatic heterocycles. The van der Waals surface area contributed by atoms with Gasteiger partial charge >= 0.3 is 5.97 Å². The van der Waals surface area contributed by atoms with Crippen LogP contribution in [0, 0.1) is 22.6 Å². The maximum atomic E-state index is 13.0. The highest BCUT2D eigenvalue weighted by Crippen LogP contribution is 2.63. The van der Waals surface area contributed by atoms with Gasteiger partial charge in [-0.15, -0.1) is 0 Å². The number of hydrogen-bond acceptors (Lipinski definition) is 6. The Morgan fingerprint density at radius 2 is 1.91 bits per heavy atom. The molecule has 2 saturated carbocycles. The number of amides is 1. The number of esters is 1. The summed E-state index contributed by atoms with van der Waals surface area (Å²) in [7, 11) is -2.39. The third-order valence-corrected chi connectivity index (χ3v) is 9.44. The zero-order chi connectivity index (χ0) is 24.4. The van der Waals surface area contributed by atoms with E-state index in [1.165, 1.54) is 25.6 Å². The maximum Gasteiger partial charge on any atom is 0.306 e. The van der Waals surface area contributed by atoms with Crippen LogP contribution in [0.1, 0.15) is 52.9 Å². The van der Waals surface area contributed by atoms with Gasteiger partial charge in [0.15, 0.2) is 6.61 Å². The van der Waals surface area contributed by atoms with Crippen molar-refractivity contribution in [2.24, 2.45) is 21.8 Å². The first-order chi connectivity index (χ1) is 15.4. The van der Waals surface area contributed by atoms with Crippen molar-refractivity contribution in [1.29, 1.82) is 0 Å².